The molecule has 1 N–H and O–H groups in total. The van der Waals surface area contributed by atoms with Gasteiger partial charge in [0.15, 0.2) is 0 Å². The van der Waals surface area contributed by atoms with Gasteiger partial charge in [-0.15, -0.1) is 0 Å². The minimum Gasteiger partial charge on any atom is -0.380 e. The lowest BCUT2D eigenvalue weighted by molar-refractivity contribution is -0.384. The number of rotatable bonds is 4. The van der Waals surface area contributed by atoms with Crippen LogP contribution in [0.2, 0.25) is 0 Å². The van der Waals surface area contributed by atoms with Crippen molar-refractivity contribution >= 4 is 11.4 Å². The number of nitro groups is 1. The predicted molar refractivity (Wildman–Crippen MR) is 61.1 cm³/mol. The van der Waals surface area contributed by atoms with E-state index in [4.69, 9.17) is 0 Å². The molecule has 0 unspecified atom stereocenters. The molecule has 1 rings (SSSR count). The summed E-state index contributed by atoms with van der Waals surface area (Å²) < 4.78 is 0. The molecular weight excluding hydrogens is 192 g/mol. The van der Waals surface area contributed by atoms with Gasteiger partial charge in [-0.25, -0.2) is 0 Å². The minimum absolute atomic E-state index is 0.0464. The first-order valence-corrected chi connectivity index (χ1v) is 4.97. The number of nitrogens with one attached hydrogen (secondary N) is 1. The molecule has 4 heteroatoms. The molecule has 0 atom stereocenters. The summed E-state index contributed by atoms with van der Waals surface area (Å²) in [6.45, 7) is 6.20. The summed E-state index contributed by atoms with van der Waals surface area (Å²) in [5.74, 6) is 0. The van der Waals surface area contributed by atoms with Crippen LogP contribution in [0.3, 0.4) is 0 Å². The molecular formula is C11H16N2O2. The fourth-order valence-electron chi connectivity index (χ4n) is 1.18. The van der Waals surface area contributed by atoms with Crippen molar-refractivity contribution in [1.29, 1.82) is 0 Å². The van der Waals surface area contributed by atoms with E-state index in [-0.39, 0.29) is 16.1 Å². The zero-order chi connectivity index (χ0) is 11.5. The Bertz CT molecular complexity index is 361. The van der Waals surface area contributed by atoms with Crippen molar-refractivity contribution in [2.24, 2.45) is 0 Å². The molecule has 82 valence electrons. The monoisotopic (exact) mass is 208 g/mol. The molecule has 0 spiro atoms. The van der Waals surface area contributed by atoms with Crippen molar-refractivity contribution in [3.05, 3.63) is 34.4 Å². The van der Waals surface area contributed by atoms with E-state index in [1.54, 1.807) is 12.1 Å². The van der Waals surface area contributed by atoms with E-state index in [9.17, 15) is 10.1 Å². The van der Waals surface area contributed by atoms with Gasteiger partial charge < -0.3 is 5.32 Å². The van der Waals surface area contributed by atoms with E-state index in [0.29, 0.717) is 0 Å². The highest BCUT2D eigenvalue weighted by molar-refractivity contribution is 5.52. The van der Waals surface area contributed by atoms with E-state index in [2.05, 4.69) is 26.1 Å². The molecule has 0 bridgehead atoms. The van der Waals surface area contributed by atoms with Crippen LogP contribution in [0.15, 0.2) is 24.3 Å². The molecule has 0 saturated carbocycles. The van der Waals surface area contributed by atoms with Crippen molar-refractivity contribution < 1.29 is 4.92 Å². The average molecular weight is 208 g/mol. The van der Waals surface area contributed by atoms with E-state index in [1.165, 1.54) is 6.07 Å². The molecule has 0 fully saturated rings. The van der Waals surface area contributed by atoms with Crippen LogP contribution in [0.5, 0.6) is 0 Å². The summed E-state index contributed by atoms with van der Waals surface area (Å²) in [4.78, 5) is 10.2. The quantitative estimate of drug-likeness (QED) is 0.610. The summed E-state index contributed by atoms with van der Waals surface area (Å²) >= 11 is 0. The lowest BCUT2D eigenvalue weighted by atomic mass is 10.0. The van der Waals surface area contributed by atoms with Crippen molar-refractivity contribution in [2.75, 3.05) is 5.32 Å². The molecule has 0 heterocycles. The Labute approximate surface area is 89.5 Å². The maximum absolute atomic E-state index is 10.6. The van der Waals surface area contributed by atoms with E-state index in [0.717, 1.165) is 12.1 Å². The Kier molecular flexibility index (Phi) is 3.29. The predicted octanol–water partition coefficient (Wildman–Crippen LogP) is 3.20. The van der Waals surface area contributed by atoms with Crippen molar-refractivity contribution in [2.45, 2.75) is 32.7 Å². The summed E-state index contributed by atoms with van der Waals surface area (Å²) in [7, 11) is 0. The van der Waals surface area contributed by atoms with Gasteiger partial charge in [0, 0.05) is 23.4 Å². The van der Waals surface area contributed by atoms with Gasteiger partial charge in [-0.2, -0.15) is 0 Å². The first-order valence-electron chi connectivity index (χ1n) is 4.97. The van der Waals surface area contributed by atoms with Crippen molar-refractivity contribution in [1.82, 2.24) is 0 Å². The highest BCUT2D eigenvalue weighted by atomic mass is 16.6. The zero-order valence-electron chi connectivity index (χ0n) is 9.28. The maximum Gasteiger partial charge on any atom is 0.271 e. The molecule has 0 aromatic heterocycles. The number of nitro benzene ring substituents is 1. The summed E-state index contributed by atoms with van der Waals surface area (Å²) in [6, 6.07) is 6.57. The molecule has 0 aliphatic carbocycles. The standard InChI is InChI=1S/C11H16N2O2/c1-4-11(2,3)12-9-6-5-7-10(8-9)13(14)15/h5-8,12H,4H2,1-3H3. The van der Waals surface area contributed by atoms with Crippen LogP contribution < -0.4 is 5.32 Å². The van der Waals surface area contributed by atoms with Gasteiger partial charge in [0.1, 0.15) is 0 Å². The fraction of sp³-hybridized carbons (Fsp3) is 0.455. The Hall–Kier alpha value is -1.58. The third kappa shape index (κ3) is 3.23. The normalized spacial score (nSPS) is 11.1. The van der Waals surface area contributed by atoms with Gasteiger partial charge in [0.05, 0.1) is 4.92 Å². The van der Waals surface area contributed by atoms with Crippen LogP contribution in [-0.4, -0.2) is 10.5 Å². The van der Waals surface area contributed by atoms with E-state index in [1.807, 2.05) is 6.07 Å². The van der Waals surface area contributed by atoms with E-state index < -0.39 is 0 Å². The van der Waals surface area contributed by atoms with Gasteiger partial charge in [0.2, 0.25) is 0 Å². The van der Waals surface area contributed by atoms with Gasteiger partial charge in [0.25, 0.3) is 5.69 Å². The molecule has 0 aliphatic heterocycles. The Morgan fingerprint density at radius 1 is 1.47 bits per heavy atom. The van der Waals surface area contributed by atoms with Crippen molar-refractivity contribution in [3.63, 3.8) is 0 Å². The second-order valence-electron chi connectivity index (χ2n) is 4.17. The highest BCUT2D eigenvalue weighted by Crippen LogP contribution is 2.21. The number of benzene rings is 1. The summed E-state index contributed by atoms with van der Waals surface area (Å²) in [5, 5.41) is 13.8. The first-order chi connectivity index (χ1) is 6.94. The SMILES string of the molecule is CCC(C)(C)Nc1cccc([N+](=O)[O-])c1. The van der Waals surface area contributed by atoms with Crippen LogP contribution in [0.1, 0.15) is 27.2 Å². The summed E-state index contributed by atoms with van der Waals surface area (Å²) in [5.41, 5.74) is 0.859. The largest absolute Gasteiger partial charge is 0.380 e. The van der Waals surface area contributed by atoms with Crippen LogP contribution >= 0.6 is 0 Å². The van der Waals surface area contributed by atoms with E-state index >= 15 is 0 Å². The number of non-ortho nitro benzene ring substituents is 1. The topological polar surface area (TPSA) is 55.2 Å². The maximum atomic E-state index is 10.6. The molecule has 1 aromatic carbocycles. The summed E-state index contributed by atoms with van der Waals surface area (Å²) in [6.07, 6.45) is 0.954. The Morgan fingerprint density at radius 2 is 2.13 bits per heavy atom. The second-order valence-corrected chi connectivity index (χ2v) is 4.17. The zero-order valence-corrected chi connectivity index (χ0v) is 9.28. The molecule has 0 saturated heterocycles. The lowest BCUT2D eigenvalue weighted by Gasteiger charge is -2.25. The fourth-order valence-corrected chi connectivity index (χ4v) is 1.18. The molecule has 4 nitrogen and oxygen atoms in total. The van der Waals surface area contributed by atoms with Gasteiger partial charge in [-0.1, -0.05) is 13.0 Å². The second kappa shape index (κ2) is 4.29. The highest BCUT2D eigenvalue weighted by Gasteiger charge is 2.15. The van der Waals surface area contributed by atoms with Gasteiger partial charge in [-0.05, 0) is 26.3 Å². The smallest absolute Gasteiger partial charge is 0.271 e. The molecule has 15 heavy (non-hydrogen) atoms. The van der Waals surface area contributed by atoms with Crippen LogP contribution in [0.25, 0.3) is 0 Å². The third-order valence-corrected chi connectivity index (χ3v) is 2.42. The molecule has 0 aliphatic rings. The minimum atomic E-state index is -0.385. The molecule has 0 radical (unpaired) electrons. The number of hydrogen-bond acceptors (Lipinski definition) is 3. The third-order valence-electron chi connectivity index (χ3n) is 2.42. The molecule has 1 aromatic rings. The number of anilines is 1. The van der Waals surface area contributed by atoms with Gasteiger partial charge >= 0.3 is 0 Å². The number of hydrogen-bond donors (Lipinski definition) is 1. The van der Waals surface area contributed by atoms with Crippen molar-refractivity contribution in [3.8, 4) is 0 Å². The van der Waals surface area contributed by atoms with Crippen LogP contribution in [0.4, 0.5) is 11.4 Å². The molecule has 0 amide bonds. The van der Waals surface area contributed by atoms with Gasteiger partial charge in [-0.3, -0.25) is 10.1 Å². The van der Waals surface area contributed by atoms with Crippen LogP contribution in [-0.2, 0) is 0 Å². The first kappa shape index (κ1) is 11.5. The Balaban J connectivity index is 2.87. The Morgan fingerprint density at radius 3 is 2.67 bits per heavy atom. The average Bonchev–Trinajstić information content (AvgIpc) is 2.17. The van der Waals surface area contributed by atoms with Crippen LogP contribution in [0, 0.1) is 10.1 Å². The lowest BCUT2D eigenvalue weighted by Crippen LogP contribution is -2.29. The number of nitrogens with zero attached hydrogens (tertiary/aromatic N) is 1.